The van der Waals surface area contributed by atoms with Crippen LogP contribution in [0, 0.1) is 34.5 Å². The Labute approximate surface area is 186 Å². The van der Waals surface area contributed by atoms with Crippen LogP contribution in [-0.2, 0) is 4.79 Å². The summed E-state index contributed by atoms with van der Waals surface area (Å²) in [5.41, 5.74) is 1.17. The number of carbonyl (C=O) groups is 2. The van der Waals surface area contributed by atoms with Gasteiger partial charge >= 0.3 is 0 Å². The first-order chi connectivity index (χ1) is 14.8. The predicted molar refractivity (Wildman–Crippen MR) is 122 cm³/mol. The van der Waals surface area contributed by atoms with E-state index in [1.54, 1.807) is 0 Å². The third-order valence-electron chi connectivity index (χ3n) is 9.87. The van der Waals surface area contributed by atoms with Crippen LogP contribution in [0.4, 0.5) is 0 Å². The minimum absolute atomic E-state index is 0.0504. The third kappa shape index (κ3) is 3.16. The number of carbonyl (C=O) groups excluding carboxylic acids is 2. The zero-order valence-electron chi connectivity index (χ0n) is 19.1. The van der Waals surface area contributed by atoms with Gasteiger partial charge in [-0.2, -0.15) is 0 Å². The SMILES string of the molecule is CN1C(=O)C=C[C@]2(C)[C@H]3CC[C@]4(C)[C@@H](CNC(=O)c5ccccc5)CC[C@H]4[C@@H]3CC[C@@H]12. The van der Waals surface area contributed by atoms with Crippen LogP contribution in [0.1, 0.15) is 62.7 Å². The van der Waals surface area contributed by atoms with E-state index in [4.69, 9.17) is 0 Å². The van der Waals surface area contributed by atoms with E-state index in [9.17, 15) is 9.59 Å². The van der Waals surface area contributed by atoms with Crippen LogP contribution >= 0.6 is 0 Å². The third-order valence-corrected chi connectivity index (χ3v) is 9.87. The van der Waals surface area contributed by atoms with E-state index in [-0.39, 0.29) is 17.2 Å². The molecule has 0 aromatic heterocycles. The highest BCUT2D eigenvalue weighted by atomic mass is 16.2. The van der Waals surface area contributed by atoms with Crippen molar-refractivity contribution in [1.82, 2.24) is 10.2 Å². The van der Waals surface area contributed by atoms with Crippen LogP contribution in [0.3, 0.4) is 0 Å². The summed E-state index contributed by atoms with van der Waals surface area (Å²) < 4.78 is 0. The summed E-state index contributed by atoms with van der Waals surface area (Å²) >= 11 is 0. The number of rotatable bonds is 3. The molecular weight excluding hydrogens is 384 g/mol. The molecule has 5 rings (SSSR count). The quantitative estimate of drug-likeness (QED) is 0.772. The monoisotopic (exact) mass is 420 g/mol. The molecule has 3 saturated carbocycles. The summed E-state index contributed by atoms with van der Waals surface area (Å²) in [5.74, 6) is 2.91. The molecule has 3 fully saturated rings. The van der Waals surface area contributed by atoms with Crippen molar-refractivity contribution in [2.45, 2.75) is 58.4 Å². The number of amides is 2. The van der Waals surface area contributed by atoms with Crippen molar-refractivity contribution >= 4 is 11.8 Å². The largest absolute Gasteiger partial charge is 0.352 e. The first kappa shape index (κ1) is 20.8. The molecule has 1 N–H and O–H groups in total. The topological polar surface area (TPSA) is 49.4 Å². The van der Waals surface area contributed by atoms with Crippen molar-refractivity contribution in [3.8, 4) is 0 Å². The Morgan fingerprint density at radius 3 is 2.61 bits per heavy atom. The highest BCUT2D eigenvalue weighted by molar-refractivity contribution is 5.94. The second kappa shape index (κ2) is 7.50. The number of nitrogens with one attached hydrogen (secondary N) is 1. The second-order valence-electron chi connectivity index (χ2n) is 11.0. The molecule has 7 atom stereocenters. The van der Waals surface area contributed by atoms with Crippen molar-refractivity contribution in [3.63, 3.8) is 0 Å². The number of nitrogens with zero attached hydrogens (tertiary/aromatic N) is 1. The van der Waals surface area contributed by atoms with Crippen LogP contribution in [0.15, 0.2) is 42.5 Å². The van der Waals surface area contributed by atoms with Gasteiger partial charge in [-0.05, 0) is 85.8 Å². The standard InChI is InChI=1S/C27H36N2O2/c1-26-15-13-22-20(10-12-23-27(22,2)16-14-24(30)29(23)3)21(26)11-9-19(26)17-28-25(31)18-7-5-4-6-8-18/h4-8,14,16,19-23H,9-13,15,17H2,1-3H3,(H,28,31)/t19-,20+,21+,22+,23-,26-,27-/m1/s1. The van der Waals surface area contributed by atoms with E-state index in [1.807, 2.05) is 48.4 Å². The second-order valence-corrected chi connectivity index (χ2v) is 11.0. The lowest BCUT2D eigenvalue weighted by Crippen LogP contribution is -2.59. The lowest BCUT2D eigenvalue weighted by atomic mass is 9.47. The van der Waals surface area contributed by atoms with Gasteiger partial charge in [0.25, 0.3) is 5.91 Å². The van der Waals surface area contributed by atoms with Gasteiger partial charge in [-0.25, -0.2) is 0 Å². The number of hydrogen-bond donors (Lipinski definition) is 1. The van der Waals surface area contributed by atoms with Gasteiger partial charge in [0.1, 0.15) is 0 Å². The molecule has 4 heteroatoms. The van der Waals surface area contributed by atoms with Gasteiger partial charge in [0, 0.05) is 30.6 Å². The van der Waals surface area contributed by atoms with E-state index < -0.39 is 0 Å². The number of benzene rings is 1. The molecule has 1 aromatic carbocycles. The maximum atomic E-state index is 12.6. The first-order valence-electron chi connectivity index (χ1n) is 12.1. The van der Waals surface area contributed by atoms with Crippen molar-refractivity contribution in [3.05, 3.63) is 48.0 Å². The Kier molecular flexibility index (Phi) is 5.02. The zero-order chi connectivity index (χ0) is 21.8. The van der Waals surface area contributed by atoms with Crippen LogP contribution in [-0.4, -0.2) is 36.3 Å². The molecule has 3 aliphatic carbocycles. The molecule has 4 aliphatic rings. The zero-order valence-corrected chi connectivity index (χ0v) is 19.1. The summed E-state index contributed by atoms with van der Waals surface area (Å²) in [6.07, 6.45) is 11.4. The van der Waals surface area contributed by atoms with Gasteiger partial charge in [-0.3, -0.25) is 9.59 Å². The van der Waals surface area contributed by atoms with E-state index in [0.717, 1.165) is 30.4 Å². The minimum Gasteiger partial charge on any atom is -0.352 e. The fourth-order valence-corrected chi connectivity index (χ4v) is 8.09. The Morgan fingerprint density at radius 1 is 1.06 bits per heavy atom. The fraction of sp³-hybridized carbons (Fsp3) is 0.630. The average Bonchev–Trinajstić information content (AvgIpc) is 3.12. The van der Waals surface area contributed by atoms with E-state index >= 15 is 0 Å². The molecule has 1 aromatic rings. The van der Waals surface area contributed by atoms with Crippen LogP contribution in [0.2, 0.25) is 0 Å². The van der Waals surface area contributed by atoms with E-state index in [2.05, 4.69) is 25.2 Å². The fourth-order valence-electron chi connectivity index (χ4n) is 8.09. The molecule has 0 unspecified atom stereocenters. The molecular formula is C27H36N2O2. The molecule has 166 valence electrons. The molecule has 0 saturated heterocycles. The molecule has 4 nitrogen and oxygen atoms in total. The van der Waals surface area contributed by atoms with Gasteiger partial charge in [0.15, 0.2) is 0 Å². The number of fused-ring (bicyclic) bond motifs is 5. The van der Waals surface area contributed by atoms with Gasteiger partial charge in [0.05, 0.1) is 0 Å². The summed E-state index contributed by atoms with van der Waals surface area (Å²) in [6, 6.07) is 9.91. The molecule has 0 bridgehead atoms. The number of likely N-dealkylation sites (N-methyl/N-ethyl adjacent to an activating group) is 1. The first-order valence-corrected chi connectivity index (χ1v) is 12.1. The molecule has 1 aliphatic heterocycles. The lowest BCUT2D eigenvalue weighted by molar-refractivity contribution is -0.138. The van der Waals surface area contributed by atoms with Gasteiger partial charge in [0.2, 0.25) is 5.91 Å². The Bertz CT molecular complexity index is 896. The van der Waals surface area contributed by atoms with Crippen molar-refractivity contribution < 1.29 is 9.59 Å². The minimum atomic E-state index is 0.0504. The van der Waals surface area contributed by atoms with Gasteiger partial charge < -0.3 is 10.2 Å². The summed E-state index contributed by atoms with van der Waals surface area (Å²) in [7, 11) is 1.99. The maximum Gasteiger partial charge on any atom is 0.251 e. The number of hydrogen-bond acceptors (Lipinski definition) is 2. The molecule has 2 amide bonds. The smallest absolute Gasteiger partial charge is 0.251 e. The Morgan fingerprint density at radius 2 is 1.84 bits per heavy atom. The van der Waals surface area contributed by atoms with Crippen LogP contribution in [0.25, 0.3) is 0 Å². The molecule has 0 spiro atoms. The van der Waals surface area contributed by atoms with Crippen molar-refractivity contribution in [2.24, 2.45) is 34.5 Å². The predicted octanol–water partition coefficient (Wildman–Crippen LogP) is 4.67. The Hall–Kier alpha value is -2.10. The van der Waals surface area contributed by atoms with E-state index in [1.165, 1.54) is 32.1 Å². The Balaban J connectivity index is 1.31. The molecule has 1 heterocycles. The highest BCUT2D eigenvalue weighted by Crippen LogP contribution is 2.65. The summed E-state index contributed by atoms with van der Waals surface area (Å²) in [6.45, 7) is 5.69. The van der Waals surface area contributed by atoms with Gasteiger partial charge in [-0.1, -0.05) is 38.1 Å². The van der Waals surface area contributed by atoms with Crippen LogP contribution in [0.5, 0.6) is 0 Å². The van der Waals surface area contributed by atoms with Crippen molar-refractivity contribution in [2.75, 3.05) is 13.6 Å². The van der Waals surface area contributed by atoms with Crippen molar-refractivity contribution in [1.29, 1.82) is 0 Å². The summed E-state index contributed by atoms with van der Waals surface area (Å²) in [5, 5.41) is 3.24. The van der Waals surface area contributed by atoms with Crippen LogP contribution < -0.4 is 5.32 Å². The average molecular weight is 421 g/mol. The van der Waals surface area contributed by atoms with E-state index in [0.29, 0.717) is 23.3 Å². The van der Waals surface area contributed by atoms with Gasteiger partial charge in [-0.15, -0.1) is 0 Å². The normalized spacial score (nSPS) is 41.3. The summed E-state index contributed by atoms with van der Waals surface area (Å²) in [4.78, 5) is 26.9. The lowest BCUT2D eigenvalue weighted by Gasteiger charge is -2.60. The highest BCUT2D eigenvalue weighted by Gasteiger charge is 2.60. The molecule has 0 radical (unpaired) electrons. The molecule has 31 heavy (non-hydrogen) atoms. The maximum absolute atomic E-state index is 12.6.